The van der Waals surface area contributed by atoms with Crippen LogP contribution in [0.15, 0.2) is 18.2 Å². The van der Waals surface area contributed by atoms with Gasteiger partial charge in [0.05, 0.1) is 5.60 Å². The topological polar surface area (TPSA) is 20.2 Å². The third kappa shape index (κ3) is 2.12. The molecule has 0 heterocycles. The normalized spacial score (nSPS) is 30.4. The minimum absolute atomic E-state index is 0.228. The van der Waals surface area contributed by atoms with Crippen molar-refractivity contribution in [2.24, 2.45) is 5.92 Å². The lowest BCUT2D eigenvalue weighted by Gasteiger charge is -2.37. The maximum absolute atomic E-state index is 13.0. The van der Waals surface area contributed by atoms with Gasteiger partial charge in [-0.05, 0) is 55.4 Å². The van der Waals surface area contributed by atoms with Gasteiger partial charge in [0.1, 0.15) is 5.82 Å². The Morgan fingerprint density at radius 2 is 2.19 bits per heavy atom. The summed E-state index contributed by atoms with van der Waals surface area (Å²) in [5.74, 6) is 0.317. The largest absolute Gasteiger partial charge is 0.385 e. The number of aliphatic hydroxyl groups is 1. The number of benzene rings is 1. The molecule has 0 bridgehead atoms. The minimum Gasteiger partial charge on any atom is -0.385 e. The maximum Gasteiger partial charge on any atom is 0.123 e. The highest BCUT2D eigenvalue weighted by molar-refractivity contribution is 5.32. The molecule has 1 nitrogen and oxygen atoms in total. The fourth-order valence-electron chi connectivity index (χ4n) is 2.92. The van der Waals surface area contributed by atoms with Crippen molar-refractivity contribution in [3.63, 3.8) is 0 Å². The first-order valence-electron chi connectivity index (χ1n) is 6.00. The lowest BCUT2D eigenvalue weighted by molar-refractivity contribution is -0.0184. The zero-order valence-corrected chi connectivity index (χ0v) is 9.96. The van der Waals surface area contributed by atoms with E-state index in [-0.39, 0.29) is 5.82 Å². The van der Waals surface area contributed by atoms with Crippen molar-refractivity contribution in [2.75, 3.05) is 0 Å². The molecule has 0 saturated heterocycles. The first-order valence-corrected chi connectivity index (χ1v) is 6.00. The van der Waals surface area contributed by atoms with Crippen molar-refractivity contribution in [1.29, 1.82) is 0 Å². The van der Waals surface area contributed by atoms with Crippen LogP contribution in [-0.4, -0.2) is 5.11 Å². The molecule has 1 aliphatic rings. The summed E-state index contributed by atoms with van der Waals surface area (Å²) in [5, 5.41) is 10.7. The number of rotatable bonds is 1. The molecule has 16 heavy (non-hydrogen) atoms. The standard InChI is InChI=1S/C14H19FO/c1-10-4-3-7-14(16,9-10)13-6-5-12(15)8-11(13)2/h5-6,8,10,16H,3-4,7,9H2,1-2H3. The smallest absolute Gasteiger partial charge is 0.123 e. The first kappa shape index (κ1) is 11.6. The van der Waals surface area contributed by atoms with E-state index in [0.717, 1.165) is 30.4 Å². The van der Waals surface area contributed by atoms with Gasteiger partial charge < -0.3 is 5.11 Å². The highest BCUT2D eigenvalue weighted by Crippen LogP contribution is 2.40. The molecule has 1 aromatic rings. The number of halogens is 1. The molecule has 2 unspecified atom stereocenters. The van der Waals surface area contributed by atoms with Crippen LogP contribution in [0.1, 0.15) is 43.7 Å². The second-order valence-electron chi connectivity index (χ2n) is 5.19. The summed E-state index contributed by atoms with van der Waals surface area (Å²) >= 11 is 0. The van der Waals surface area contributed by atoms with Crippen LogP contribution in [0.25, 0.3) is 0 Å². The summed E-state index contributed by atoms with van der Waals surface area (Å²) in [6.45, 7) is 4.04. The van der Waals surface area contributed by atoms with E-state index in [1.165, 1.54) is 18.6 Å². The average Bonchev–Trinajstić information content (AvgIpc) is 2.16. The van der Waals surface area contributed by atoms with E-state index < -0.39 is 5.60 Å². The lowest BCUT2D eigenvalue weighted by Crippen LogP contribution is -2.32. The fraction of sp³-hybridized carbons (Fsp3) is 0.571. The van der Waals surface area contributed by atoms with Gasteiger partial charge in [0.2, 0.25) is 0 Å². The third-order valence-electron chi connectivity index (χ3n) is 3.66. The van der Waals surface area contributed by atoms with E-state index >= 15 is 0 Å². The van der Waals surface area contributed by atoms with E-state index in [1.54, 1.807) is 6.07 Å². The van der Waals surface area contributed by atoms with Crippen LogP contribution in [0, 0.1) is 18.7 Å². The summed E-state index contributed by atoms with van der Waals surface area (Å²) in [4.78, 5) is 0. The van der Waals surface area contributed by atoms with Crippen LogP contribution < -0.4 is 0 Å². The minimum atomic E-state index is -0.741. The predicted octanol–water partition coefficient (Wildman–Crippen LogP) is 3.53. The summed E-state index contributed by atoms with van der Waals surface area (Å²) in [6.07, 6.45) is 3.82. The summed E-state index contributed by atoms with van der Waals surface area (Å²) in [6, 6.07) is 4.69. The SMILES string of the molecule is Cc1cc(F)ccc1C1(O)CCCC(C)C1. The third-order valence-corrected chi connectivity index (χ3v) is 3.66. The number of aryl methyl sites for hydroxylation is 1. The van der Waals surface area contributed by atoms with Crippen LogP contribution in [0.3, 0.4) is 0 Å². The molecule has 2 rings (SSSR count). The van der Waals surface area contributed by atoms with E-state index in [4.69, 9.17) is 0 Å². The van der Waals surface area contributed by atoms with Crippen molar-refractivity contribution in [3.8, 4) is 0 Å². The Morgan fingerprint density at radius 1 is 1.44 bits per heavy atom. The van der Waals surface area contributed by atoms with Gasteiger partial charge in [0, 0.05) is 0 Å². The van der Waals surface area contributed by atoms with Crippen LogP contribution in [0.2, 0.25) is 0 Å². The van der Waals surface area contributed by atoms with Crippen molar-refractivity contribution >= 4 is 0 Å². The predicted molar refractivity (Wildman–Crippen MR) is 62.7 cm³/mol. The first-order chi connectivity index (χ1) is 7.51. The molecule has 0 aliphatic heterocycles. The second kappa shape index (κ2) is 4.17. The van der Waals surface area contributed by atoms with Gasteiger partial charge in [-0.15, -0.1) is 0 Å². The molecule has 1 aliphatic carbocycles. The Hall–Kier alpha value is -0.890. The summed E-state index contributed by atoms with van der Waals surface area (Å²) in [5.41, 5.74) is 1.02. The average molecular weight is 222 g/mol. The van der Waals surface area contributed by atoms with E-state index in [2.05, 4.69) is 6.92 Å². The zero-order valence-electron chi connectivity index (χ0n) is 9.96. The molecule has 0 aromatic heterocycles. The Morgan fingerprint density at radius 3 is 2.81 bits per heavy atom. The molecule has 1 aromatic carbocycles. The van der Waals surface area contributed by atoms with Crippen LogP contribution in [-0.2, 0) is 5.60 Å². The Kier molecular flexibility index (Phi) is 3.02. The highest BCUT2D eigenvalue weighted by atomic mass is 19.1. The van der Waals surface area contributed by atoms with Crippen molar-refractivity contribution < 1.29 is 9.50 Å². The van der Waals surface area contributed by atoms with Gasteiger partial charge in [-0.2, -0.15) is 0 Å². The van der Waals surface area contributed by atoms with Crippen molar-refractivity contribution in [2.45, 2.75) is 45.1 Å². The quantitative estimate of drug-likeness (QED) is 0.770. The highest BCUT2D eigenvalue weighted by Gasteiger charge is 2.35. The number of hydrogen-bond acceptors (Lipinski definition) is 1. The molecule has 2 heteroatoms. The summed E-state index contributed by atoms with van der Waals surface area (Å²) in [7, 11) is 0. The molecule has 88 valence electrons. The van der Waals surface area contributed by atoms with Crippen LogP contribution >= 0.6 is 0 Å². The maximum atomic E-state index is 13.0. The molecule has 2 atom stereocenters. The van der Waals surface area contributed by atoms with Gasteiger partial charge >= 0.3 is 0 Å². The van der Waals surface area contributed by atoms with Gasteiger partial charge in [0.15, 0.2) is 0 Å². The van der Waals surface area contributed by atoms with Gasteiger partial charge in [-0.3, -0.25) is 0 Å². The Bertz CT molecular complexity index is 388. The lowest BCUT2D eigenvalue weighted by atomic mass is 9.74. The van der Waals surface area contributed by atoms with E-state index in [0.29, 0.717) is 5.92 Å². The molecule has 0 spiro atoms. The Balaban J connectivity index is 2.34. The van der Waals surface area contributed by atoms with E-state index in [1.807, 2.05) is 6.92 Å². The molecule has 0 amide bonds. The van der Waals surface area contributed by atoms with Crippen molar-refractivity contribution in [1.82, 2.24) is 0 Å². The number of hydrogen-bond donors (Lipinski definition) is 1. The van der Waals surface area contributed by atoms with E-state index in [9.17, 15) is 9.50 Å². The van der Waals surface area contributed by atoms with Crippen molar-refractivity contribution in [3.05, 3.63) is 35.1 Å². The second-order valence-corrected chi connectivity index (χ2v) is 5.19. The van der Waals surface area contributed by atoms with Crippen LogP contribution in [0.4, 0.5) is 4.39 Å². The van der Waals surface area contributed by atoms with Crippen LogP contribution in [0.5, 0.6) is 0 Å². The van der Waals surface area contributed by atoms with Gasteiger partial charge in [-0.25, -0.2) is 4.39 Å². The molecular formula is C14H19FO. The monoisotopic (exact) mass is 222 g/mol. The zero-order chi connectivity index (χ0) is 11.8. The Labute approximate surface area is 96.3 Å². The van der Waals surface area contributed by atoms with Gasteiger partial charge in [0.25, 0.3) is 0 Å². The molecule has 1 saturated carbocycles. The molecule has 0 radical (unpaired) electrons. The molecule has 1 N–H and O–H groups in total. The van der Waals surface area contributed by atoms with Gasteiger partial charge in [-0.1, -0.05) is 19.4 Å². The molecule has 1 fully saturated rings. The summed E-state index contributed by atoms with van der Waals surface area (Å²) < 4.78 is 13.0. The molecular weight excluding hydrogens is 203 g/mol. The fourth-order valence-corrected chi connectivity index (χ4v) is 2.92.